The van der Waals surface area contributed by atoms with Crippen molar-refractivity contribution in [3.63, 3.8) is 0 Å². The summed E-state index contributed by atoms with van der Waals surface area (Å²) in [6, 6.07) is 0. The topological polar surface area (TPSA) is 81.7 Å². The summed E-state index contributed by atoms with van der Waals surface area (Å²) in [7, 11) is 1.92. The summed E-state index contributed by atoms with van der Waals surface area (Å²) >= 11 is 0. The highest BCUT2D eigenvalue weighted by molar-refractivity contribution is 5.61. The lowest BCUT2D eigenvalue weighted by Crippen LogP contribution is -2.14. The Bertz CT molecular complexity index is 631. The van der Waals surface area contributed by atoms with E-state index in [0.29, 0.717) is 5.82 Å². The predicted molar refractivity (Wildman–Crippen MR) is 78.0 cm³/mol. The van der Waals surface area contributed by atoms with Gasteiger partial charge in [-0.15, -0.1) is 0 Å². The molecular weight excluding hydrogens is 252 g/mol. The summed E-state index contributed by atoms with van der Waals surface area (Å²) in [6.45, 7) is 2.02. The number of hydrogen-bond donors (Lipinski definition) is 2. The van der Waals surface area contributed by atoms with Crippen LogP contribution < -0.4 is 11.3 Å². The summed E-state index contributed by atoms with van der Waals surface area (Å²) in [4.78, 5) is 9.36. The maximum absolute atomic E-state index is 5.65. The van der Waals surface area contributed by atoms with E-state index in [9.17, 15) is 0 Å². The van der Waals surface area contributed by atoms with E-state index in [1.807, 2.05) is 24.9 Å². The average molecular weight is 272 g/mol. The molecule has 2 aromatic heterocycles. The first-order valence-corrected chi connectivity index (χ1v) is 7.06. The van der Waals surface area contributed by atoms with Crippen LogP contribution in [0.25, 0.3) is 11.4 Å². The van der Waals surface area contributed by atoms with E-state index in [4.69, 9.17) is 10.8 Å². The van der Waals surface area contributed by atoms with E-state index >= 15 is 0 Å². The van der Waals surface area contributed by atoms with E-state index in [2.05, 4.69) is 15.5 Å². The third-order valence-electron chi connectivity index (χ3n) is 4.05. The lowest BCUT2D eigenvalue weighted by molar-refractivity contribution is 0.709. The number of nitrogens with zero attached hydrogens (tertiary/aromatic N) is 4. The minimum atomic E-state index is 0.712. The summed E-state index contributed by atoms with van der Waals surface area (Å²) in [6.07, 6.45) is 7.41. The first-order chi connectivity index (χ1) is 9.70. The molecule has 0 saturated carbocycles. The second-order valence-corrected chi connectivity index (χ2v) is 5.29. The van der Waals surface area contributed by atoms with Gasteiger partial charge in [0.15, 0.2) is 5.82 Å². The third kappa shape index (κ3) is 2.16. The van der Waals surface area contributed by atoms with Crippen LogP contribution in [0.4, 0.5) is 5.82 Å². The van der Waals surface area contributed by atoms with Crippen molar-refractivity contribution < 1.29 is 0 Å². The number of fused-ring (bicyclic) bond motifs is 1. The van der Waals surface area contributed by atoms with E-state index in [-0.39, 0.29) is 0 Å². The Hall–Kier alpha value is -1.95. The summed E-state index contributed by atoms with van der Waals surface area (Å²) in [5, 5.41) is 4.26. The molecule has 6 heteroatoms. The molecule has 0 bridgehead atoms. The van der Waals surface area contributed by atoms with E-state index in [0.717, 1.165) is 35.6 Å². The number of nitrogens with one attached hydrogen (secondary N) is 1. The molecule has 1 aliphatic rings. The number of nitrogens with two attached hydrogens (primary N) is 1. The average Bonchev–Trinajstić information content (AvgIpc) is 2.68. The molecule has 0 amide bonds. The highest BCUT2D eigenvalue weighted by Gasteiger charge is 2.18. The molecule has 0 saturated heterocycles. The molecule has 2 aromatic rings. The number of rotatable bonds is 2. The van der Waals surface area contributed by atoms with Gasteiger partial charge in [-0.2, -0.15) is 5.10 Å². The van der Waals surface area contributed by atoms with E-state index in [1.165, 1.54) is 24.8 Å². The van der Waals surface area contributed by atoms with Crippen LogP contribution >= 0.6 is 0 Å². The Balaban J connectivity index is 2.13. The van der Waals surface area contributed by atoms with Gasteiger partial charge < -0.3 is 5.43 Å². The molecule has 0 aliphatic heterocycles. The number of aromatic nitrogens is 4. The first-order valence-electron chi connectivity index (χ1n) is 7.06. The van der Waals surface area contributed by atoms with Crippen molar-refractivity contribution in [2.24, 2.45) is 12.9 Å². The lowest BCUT2D eigenvalue weighted by atomic mass is 10.1. The van der Waals surface area contributed by atoms with Crippen LogP contribution in [0.15, 0.2) is 6.20 Å². The highest BCUT2D eigenvalue weighted by Crippen LogP contribution is 2.28. The minimum absolute atomic E-state index is 0.712. The summed E-state index contributed by atoms with van der Waals surface area (Å²) in [5.41, 5.74) is 7.07. The number of hydrazine groups is 1. The zero-order valence-corrected chi connectivity index (χ0v) is 12.0. The van der Waals surface area contributed by atoms with Crippen molar-refractivity contribution >= 4 is 5.82 Å². The van der Waals surface area contributed by atoms with Crippen molar-refractivity contribution in [1.82, 2.24) is 19.7 Å². The maximum atomic E-state index is 5.65. The Morgan fingerprint density at radius 1 is 1.20 bits per heavy atom. The van der Waals surface area contributed by atoms with Crippen molar-refractivity contribution in [1.29, 1.82) is 0 Å². The van der Waals surface area contributed by atoms with Gasteiger partial charge in [-0.25, -0.2) is 15.8 Å². The van der Waals surface area contributed by atoms with Crippen molar-refractivity contribution in [3.8, 4) is 11.4 Å². The quantitative estimate of drug-likeness (QED) is 0.494. The number of nitrogen functional groups attached to an aromatic ring is 1. The van der Waals surface area contributed by atoms with Gasteiger partial charge in [0.05, 0.1) is 11.8 Å². The molecular formula is C14H20N6. The molecule has 0 fully saturated rings. The summed E-state index contributed by atoms with van der Waals surface area (Å²) < 4.78 is 1.83. The Morgan fingerprint density at radius 3 is 2.70 bits per heavy atom. The van der Waals surface area contributed by atoms with Gasteiger partial charge in [-0.3, -0.25) is 4.68 Å². The molecule has 3 N–H and O–H groups in total. The van der Waals surface area contributed by atoms with Gasteiger partial charge in [0, 0.05) is 24.0 Å². The summed E-state index contributed by atoms with van der Waals surface area (Å²) in [5.74, 6) is 7.13. The molecule has 3 rings (SSSR count). The Kier molecular flexibility index (Phi) is 3.40. The van der Waals surface area contributed by atoms with Gasteiger partial charge in [0.2, 0.25) is 0 Å². The van der Waals surface area contributed by atoms with Gasteiger partial charge >= 0.3 is 0 Å². The Labute approximate surface area is 118 Å². The predicted octanol–water partition coefficient (Wildman–Crippen LogP) is 1.74. The molecule has 0 radical (unpaired) electrons. The zero-order valence-electron chi connectivity index (χ0n) is 12.0. The van der Waals surface area contributed by atoms with Crippen LogP contribution in [0.2, 0.25) is 0 Å². The number of hydrogen-bond acceptors (Lipinski definition) is 5. The normalized spacial score (nSPS) is 14.8. The number of anilines is 1. The fraction of sp³-hybridized carbons (Fsp3) is 0.500. The maximum Gasteiger partial charge on any atom is 0.165 e. The van der Waals surface area contributed by atoms with Crippen molar-refractivity contribution in [2.45, 2.75) is 39.0 Å². The largest absolute Gasteiger partial charge is 0.308 e. The first kappa shape index (κ1) is 13.1. The van der Waals surface area contributed by atoms with Crippen LogP contribution in [-0.2, 0) is 19.9 Å². The Morgan fingerprint density at radius 2 is 2.00 bits per heavy atom. The zero-order chi connectivity index (χ0) is 14.1. The van der Waals surface area contributed by atoms with Crippen LogP contribution in [0.3, 0.4) is 0 Å². The lowest BCUT2D eigenvalue weighted by Gasteiger charge is -2.12. The standard InChI is InChI=1S/C14H20N6/c1-9-11(8-16-20(9)2)13-17-12-7-5-3-4-6-10(12)14(18-13)19-15/h8H,3-7,15H2,1-2H3,(H,17,18,19). The van der Waals surface area contributed by atoms with E-state index < -0.39 is 0 Å². The van der Waals surface area contributed by atoms with Gasteiger partial charge in [-0.05, 0) is 32.6 Å². The molecule has 6 nitrogen and oxygen atoms in total. The molecule has 0 atom stereocenters. The van der Waals surface area contributed by atoms with Crippen LogP contribution in [0, 0.1) is 6.92 Å². The highest BCUT2D eigenvalue weighted by atomic mass is 15.3. The van der Waals surface area contributed by atoms with Crippen molar-refractivity contribution in [2.75, 3.05) is 5.43 Å². The van der Waals surface area contributed by atoms with Gasteiger partial charge in [0.25, 0.3) is 0 Å². The van der Waals surface area contributed by atoms with Crippen molar-refractivity contribution in [3.05, 3.63) is 23.1 Å². The molecule has 0 spiro atoms. The fourth-order valence-electron chi connectivity index (χ4n) is 2.73. The fourth-order valence-corrected chi connectivity index (χ4v) is 2.73. The van der Waals surface area contributed by atoms with Crippen LogP contribution in [0.1, 0.15) is 36.2 Å². The van der Waals surface area contributed by atoms with Crippen LogP contribution in [0.5, 0.6) is 0 Å². The third-order valence-corrected chi connectivity index (χ3v) is 4.05. The second-order valence-electron chi connectivity index (χ2n) is 5.29. The molecule has 1 aliphatic carbocycles. The van der Waals surface area contributed by atoms with Gasteiger partial charge in [0.1, 0.15) is 5.82 Å². The van der Waals surface area contributed by atoms with E-state index in [1.54, 1.807) is 0 Å². The molecule has 0 aromatic carbocycles. The second kappa shape index (κ2) is 5.20. The minimum Gasteiger partial charge on any atom is -0.308 e. The molecule has 2 heterocycles. The van der Waals surface area contributed by atoms with Crippen LogP contribution in [-0.4, -0.2) is 19.7 Å². The molecule has 106 valence electrons. The smallest absolute Gasteiger partial charge is 0.165 e. The SMILES string of the molecule is Cc1c(-c2nc3c(c(NN)n2)CCCCC3)cnn1C. The van der Waals surface area contributed by atoms with Gasteiger partial charge in [-0.1, -0.05) is 6.42 Å². The molecule has 20 heavy (non-hydrogen) atoms. The number of aryl methyl sites for hydroxylation is 2. The molecule has 0 unspecified atom stereocenters. The monoisotopic (exact) mass is 272 g/mol.